The molecule has 0 saturated heterocycles. The van der Waals surface area contributed by atoms with Gasteiger partial charge in [-0.3, -0.25) is 9.59 Å². The molecule has 0 aliphatic rings. The first-order valence-electron chi connectivity index (χ1n) is 9.14. The van der Waals surface area contributed by atoms with Crippen molar-refractivity contribution < 1.29 is 4.79 Å². The van der Waals surface area contributed by atoms with E-state index in [4.69, 9.17) is 0 Å². The first kappa shape index (κ1) is 18.8. The zero-order chi connectivity index (χ0) is 20.2. The molecular formula is C21H19N5O2S. The Balaban J connectivity index is 1.43. The van der Waals surface area contributed by atoms with Crippen LogP contribution in [-0.2, 0) is 6.54 Å². The second-order valence-electron chi connectivity index (χ2n) is 6.40. The normalized spacial score (nSPS) is 10.8. The van der Waals surface area contributed by atoms with Crippen LogP contribution in [0.1, 0.15) is 15.4 Å². The van der Waals surface area contributed by atoms with Gasteiger partial charge in [-0.15, -0.1) is 0 Å². The van der Waals surface area contributed by atoms with Crippen molar-refractivity contribution in [1.29, 1.82) is 0 Å². The highest BCUT2D eigenvalue weighted by Crippen LogP contribution is 2.21. The lowest BCUT2D eigenvalue weighted by atomic mass is 10.1. The van der Waals surface area contributed by atoms with Gasteiger partial charge >= 0.3 is 0 Å². The number of carbonyl (C=O) groups excluding carboxylic acids is 1. The number of benzene rings is 1. The van der Waals surface area contributed by atoms with Crippen LogP contribution in [0, 0.1) is 6.92 Å². The van der Waals surface area contributed by atoms with Gasteiger partial charge in [-0.1, -0.05) is 41.7 Å². The van der Waals surface area contributed by atoms with Crippen LogP contribution in [0.25, 0.3) is 16.4 Å². The number of nitrogens with one attached hydrogen (secondary N) is 1. The Morgan fingerprint density at radius 3 is 2.59 bits per heavy atom. The zero-order valence-corrected chi connectivity index (χ0v) is 16.6. The molecule has 1 amide bonds. The molecule has 0 atom stereocenters. The molecule has 0 bridgehead atoms. The molecular weight excluding hydrogens is 386 g/mol. The minimum Gasteiger partial charge on any atom is -0.349 e. The smallest absolute Gasteiger partial charge is 0.266 e. The summed E-state index contributed by atoms with van der Waals surface area (Å²) in [6, 6.07) is 16.7. The second kappa shape index (κ2) is 8.24. The molecule has 0 unspecified atom stereocenters. The van der Waals surface area contributed by atoms with Gasteiger partial charge in [0.1, 0.15) is 4.88 Å². The van der Waals surface area contributed by atoms with E-state index in [0.717, 1.165) is 10.7 Å². The van der Waals surface area contributed by atoms with Gasteiger partial charge < -0.3 is 9.88 Å². The fraction of sp³-hybridized carbons (Fsp3) is 0.143. The number of amides is 1. The highest BCUT2D eigenvalue weighted by Gasteiger charge is 2.15. The Morgan fingerprint density at radius 2 is 1.83 bits per heavy atom. The average Bonchev–Trinajstić information content (AvgIpc) is 3.40. The molecule has 146 valence electrons. The van der Waals surface area contributed by atoms with Crippen LogP contribution in [0.15, 0.2) is 71.8 Å². The van der Waals surface area contributed by atoms with Gasteiger partial charge in [0.25, 0.3) is 11.5 Å². The summed E-state index contributed by atoms with van der Waals surface area (Å²) < 4.78 is 3.24. The van der Waals surface area contributed by atoms with Crippen LogP contribution in [0.4, 0.5) is 0 Å². The number of hydrogen-bond donors (Lipinski definition) is 1. The van der Waals surface area contributed by atoms with Crippen molar-refractivity contribution in [1.82, 2.24) is 24.6 Å². The maximum absolute atomic E-state index is 12.6. The molecule has 0 aliphatic carbocycles. The first-order valence-corrected chi connectivity index (χ1v) is 9.96. The molecule has 0 spiro atoms. The van der Waals surface area contributed by atoms with Gasteiger partial charge in [-0.05, 0) is 25.1 Å². The van der Waals surface area contributed by atoms with E-state index in [1.807, 2.05) is 66.3 Å². The summed E-state index contributed by atoms with van der Waals surface area (Å²) in [6.45, 7) is 2.39. The quantitative estimate of drug-likeness (QED) is 0.535. The van der Waals surface area contributed by atoms with Crippen molar-refractivity contribution >= 4 is 17.2 Å². The molecule has 1 N–H and O–H groups in total. The molecule has 0 saturated carbocycles. The van der Waals surface area contributed by atoms with Crippen molar-refractivity contribution in [3.05, 3.63) is 87.9 Å². The molecule has 0 fully saturated rings. The highest BCUT2D eigenvalue weighted by molar-refractivity contribution is 7.16. The fourth-order valence-electron chi connectivity index (χ4n) is 2.89. The minimum atomic E-state index is -0.206. The van der Waals surface area contributed by atoms with E-state index >= 15 is 0 Å². The molecule has 4 aromatic rings. The van der Waals surface area contributed by atoms with Crippen LogP contribution < -0.4 is 10.9 Å². The van der Waals surface area contributed by atoms with Gasteiger partial charge in [0, 0.05) is 30.6 Å². The highest BCUT2D eigenvalue weighted by atomic mass is 32.1. The molecule has 0 aliphatic heterocycles. The second-order valence-corrected chi connectivity index (χ2v) is 7.38. The lowest BCUT2D eigenvalue weighted by Gasteiger charge is -2.08. The van der Waals surface area contributed by atoms with Crippen LogP contribution in [0.5, 0.6) is 0 Å². The third-order valence-corrected chi connectivity index (χ3v) is 5.53. The standard InChI is InChI=1S/C21H19N5O2S/c1-15-19(29-21(23-15)25-12-5-6-13-25)20(28)22-11-14-26-18(27)10-9-17(24-26)16-7-3-2-4-8-16/h2-10,12-13H,11,14H2,1H3,(H,22,28). The summed E-state index contributed by atoms with van der Waals surface area (Å²) in [5.74, 6) is -0.203. The van der Waals surface area contributed by atoms with Gasteiger partial charge in [0.05, 0.1) is 17.9 Å². The number of aryl methyl sites for hydroxylation is 1. The topological polar surface area (TPSA) is 81.8 Å². The van der Waals surface area contributed by atoms with Crippen molar-refractivity contribution in [2.24, 2.45) is 0 Å². The minimum absolute atomic E-state index is 0.203. The Kier molecular flexibility index (Phi) is 5.35. The maximum atomic E-state index is 12.6. The predicted molar refractivity (Wildman–Crippen MR) is 112 cm³/mol. The van der Waals surface area contributed by atoms with Crippen LogP contribution >= 0.6 is 11.3 Å². The fourth-order valence-corrected chi connectivity index (χ4v) is 3.84. The zero-order valence-electron chi connectivity index (χ0n) is 15.8. The van der Waals surface area contributed by atoms with E-state index in [1.54, 1.807) is 6.07 Å². The number of hydrogen-bond acceptors (Lipinski definition) is 5. The van der Waals surface area contributed by atoms with Gasteiger partial charge in [-0.25, -0.2) is 9.67 Å². The van der Waals surface area contributed by atoms with Crippen LogP contribution in [0.2, 0.25) is 0 Å². The molecule has 8 heteroatoms. The monoisotopic (exact) mass is 405 g/mol. The van der Waals surface area contributed by atoms with Gasteiger partial charge in [-0.2, -0.15) is 5.10 Å². The lowest BCUT2D eigenvalue weighted by molar-refractivity contribution is 0.0955. The van der Waals surface area contributed by atoms with E-state index < -0.39 is 0 Å². The molecule has 0 radical (unpaired) electrons. The number of thiazole rings is 1. The summed E-state index contributed by atoms with van der Waals surface area (Å²) in [5.41, 5.74) is 2.12. The Hall–Kier alpha value is -3.52. The predicted octanol–water partition coefficient (Wildman–Crippen LogP) is 2.90. The van der Waals surface area contributed by atoms with E-state index in [1.165, 1.54) is 22.1 Å². The van der Waals surface area contributed by atoms with Crippen molar-refractivity contribution in [3.8, 4) is 16.4 Å². The Morgan fingerprint density at radius 1 is 1.07 bits per heavy atom. The average molecular weight is 405 g/mol. The largest absolute Gasteiger partial charge is 0.349 e. The number of rotatable bonds is 6. The molecule has 4 rings (SSSR count). The summed E-state index contributed by atoms with van der Waals surface area (Å²) >= 11 is 1.33. The molecule has 7 nitrogen and oxygen atoms in total. The SMILES string of the molecule is Cc1nc(-n2cccc2)sc1C(=O)NCCn1nc(-c2ccccc2)ccc1=O. The summed E-state index contributed by atoms with van der Waals surface area (Å²) in [4.78, 5) is 29.7. The Labute approximate surface area is 171 Å². The van der Waals surface area contributed by atoms with Gasteiger partial charge in [0.15, 0.2) is 5.13 Å². The first-order chi connectivity index (χ1) is 14.1. The van der Waals surface area contributed by atoms with Crippen LogP contribution in [0.3, 0.4) is 0 Å². The van der Waals surface area contributed by atoms with Crippen LogP contribution in [-0.4, -0.2) is 31.8 Å². The summed E-state index contributed by atoms with van der Waals surface area (Å²) in [5, 5.41) is 8.00. The van der Waals surface area contributed by atoms with E-state index in [-0.39, 0.29) is 18.0 Å². The number of carbonyl (C=O) groups is 1. The molecule has 29 heavy (non-hydrogen) atoms. The summed E-state index contributed by atoms with van der Waals surface area (Å²) in [7, 11) is 0. The van der Waals surface area contributed by atoms with Crippen molar-refractivity contribution in [3.63, 3.8) is 0 Å². The number of nitrogens with zero attached hydrogens (tertiary/aromatic N) is 4. The summed E-state index contributed by atoms with van der Waals surface area (Å²) in [6.07, 6.45) is 3.77. The number of aromatic nitrogens is 4. The maximum Gasteiger partial charge on any atom is 0.266 e. The van der Waals surface area contributed by atoms with E-state index in [0.29, 0.717) is 22.8 Å². The molecule has 3 heterocycles. The molecule has 3 aromatic heterocycles. The van der Waals surface area contributed by atoms with Gasteiger partial charge in [0.2, 0.25) is 0 Å². The van der Waals surface area contributed by atoms with E-state index in [9.17, 15) is 9.59 Å². The van der Waals surface area contributed by atoms with Crippen molar-refractivity contribution in [2.75, 3.05) is 6.54 Å². The van der Waals surface area contributed by atoms with E-state index in [2.05, 4.69) is 15.4 Å². The Bertz CT molecular complexity index is 1180. The third-order valence-electron chi connectivity index (χ3n) is 4.36. The third kappa shape index (κ3) is 4.17. The lowest BCUT2D eigenvalue weighted by Crippen LogP contribution is -2.31. The molecule has 1 aromatic carbocycles. The van der Waals surface area contributed by atoms with Crippen molar-refractivity contribution in [2.45, 2.75) is 13.5 Å².